The molecular weight excluding hydrogens is 194 g/mol. The molecule has 15 heavy (non-hydrogen) atoms. The molecule has 2 saturated heterocycles. The van der Waals surface area contributed by atoms with E-state index in [9.17, 15) is 4.79 Å². The Morgan fingerprint density at radius 3 is 2.93 bits per heavy atom. The van der Waals surface area contributed by atoms with Crippen molar-refractivity contribution in [2.45, 2.75) is 50.4 Å². The van der Waals surface area contributed by atoms with Crippen LogP contribution in [0.5, 0.6) is 0 Å². The molecule has 4 nitrogen and oxygen atoms in total. The maximum atomic E-state index is 11.8. The van der Waals surface area contributed by atoms with Crippen molar-refractivity contribution in [3.05, 3.63) is 0 Å². The predicted molar refractivity (Wildman–Crippen MR) is 53.4 cm³/mol. The van der Waals surface area contributed by atoms with E-state index in [1.807, 2.05) is 6.92 Å². The van der Waals surface area contributed by atoms with Gasteiger partial charge in [0.05, 0.1) is 19.3 Å². The number of carbonyl (C=O) groups is 1. The highest BCUT2D eigenvalue weighted by Crippen LogP contribution is 2.42. The van der Waals surface area contributed by atoms with Crippen LogP contribution in [0.15, 0.2) is 0 Å². The summed E-state index contributed by atoms with van der Waals surface area (Å²) in [5, 5.41) is 0. The molecule has 0 amide bonds. The van der Waals surface area contributed by atoms with E-state index in [-0.39, 0.29) is 18.1 Å². The molecule has 0 radical (unpaired) electrons. The van der Waals surface area contributed by atoms with Crippen LogP contribution in [0.2, 0.25) is 0 Å². The van der Waals surface area contributed by atoms with Crippen molar-refractivity contribution in [3.8, 4) is 0 Å². The highest BCUT2D eigenvalue weighted by molar-refractivity contribution is 5.77. The van der Waals surface area contributed by atoms with E-state index in [0.29, 0.717) is 18.7 Å². The number of nitrogens with zero attached hydrogens (tertiary/aromatic N) is 1. The van der Waals surface area contributed by atoms with Gasteiger partial charge >= 0.3 is 5.97 Å². The van der Waals surface area contributed by atoms with Crippen molar-refractivity contribution in [2.24, 2.45) is 0 Å². The SMILES string of the molecule is CCOC(=O)C1C2CC(CO2)N1C1CC1. The van der Waals surface area contributed by atoms with Crippen molar-refractivity contribution >= 4 is 5.97 Å². The smallest absolute Gasteiger partial charge is 0.326 e. The molecule has 0 spiro atoms. The molecule has 0 aromatic heterocycles. The van der Waals surface area contributed by atoms with Crippen LogP contribution >= 0.6 is 0 Å². The molecule has 3 rings (SSSR count). The summed E-state index contributed by atoms with van der Waals surface area (Å²) in [6.07, 6.45) is 3.58. The molecule has 3 atom stereocenters. The molecule has 0 aromatic rings. The van der Waals surface area contributed by atoms with Gasteiger partial charge in [0.25, 0.3) is 0 Å². The lowest BCUT2D eigenvalue weighted by Crippen LogP contribution is -2.51. The van der Waals surface area contributed by atoms with Crippen molar-refractivity contribution in [1.82, 2.24) is 4.90 Å². The number of esters is 1. The van der Waals surface area contributed by atoms with E-state index >= 15 is 0 Å². The van der Waals surface area contributed by atoms with Gasteiger partial charge in [0.2, 0.25) is 0 Å². The number of morpholine rings is 1. The first-order chi connectivity index (χ1) is 7.31. The Hall–Kier alpha value is -0.610. The van der Waals surface area contributed by atoms with Crippen LogP contribution in [-0.2, 0) is 14.3 Å². The van der Waals surface area contributed by atoms with Gasteiger partial charge in [-0.1, -0.05) is 0 Å². The molecular formula is C11H17NO3. The number of hydrogen-bond donors (Lipinski definition) is 0. The normalized spacial score (nSPS) is 39.7. The number of likely N-dealkylation sites (tertiary alicyclic amines) is 1. The minimum atomic E-state index is -0.115. The fourth-order valence-corrected chi connectivity index (χ4v) is 2.88. The second-order valence-corrected chi connectivity index (χ2v) is 4.64. The van der Waals surface area contributed by atoms with Gasteiger partial charge in [0, 0.05) is 12.1 Å². The summed E-state index contributed by atoms with van der Waals surface area (Å²) in [7, 11) is 0. The molecule has 3 aliphatic rings. The van der Waals surface area contributed by atoms with Crippen LogP contribution in [0.25, 0.3) is 0 Å². The van der Waals surface area contributed by atoms with Crippen molar-refractivity contribution in [2.75, 3.05) is 13.2 Å². The van der Waals surface area contributed by atoms with Gasteiger partial charge in [-0.05, 0) is 26.2 Å². The summed E-state index contributed by atoms with van der Waals surface area (Å²) in [6, 6.07) is 0.978. The third-order valence-electron chi connectivity index (χ3n) is 3.60. The molecule has 2 aliphatic heterocycles. The first-order valence-corrected chi connectivity index (χ1v) is 5.87. The summed E-state index contributed by atoms with van der Waals surface area (Å²) in [5.74, 6) is -0.0865. The van der Waals surface area contributed by atoms with Gasteiger partial charge in [0.1, 0.15) is 6.04 Å². The van der Waals surface area contributed by atoms with Gasteiger partial charge in [-0.25, -0.2) is 0 Å². The topological polar surface area (TPSA) is 38.8 Å². The van der Waals surface area contributed by atoms with E-state index < -0.39 is 0 Å². The lowest BCUT2D eigenvalue weighted by molar-refractivity contribution is -0.157. The second-order valence-electron chi connectivity index (χ2n) is 4.64. The molecule has 84 valence electrons. The summed E-state index contributed by atoms with van der Waals surface area (Å²) >= 11 is 0. The number of fused-ring (bicyclic) bond motifs is 2. The standard InChI is InChI=1S/C11H17NO3/c1-2-14-11(13)10-9-5-8(6-15-9)12(10)7-3-4-7/h7-10H,2-6H2,1H3. The lowest BCUT2D eigenvalue weighted by Gasteiger charge is -2.33. The highest BCUT2D eigenvalue weighted by atomic mass is 16.5. The predicted octanol–water partition coefficient (Wildman–Crippen LogP) is 0.554. The zero-order valence-electron chi connectivity index (χ0n) is 9.02. The van der Waals surface area contributed by atoms with E-state index in [1.165, 1.54) is 12.8 Å². The molecule has 1 aliphatic carbocycles. The maximum absolute atomic E-state index is 11.8. The summed E-state index contributed by atoms with van der Waals surface area (Å²) in [5.41, 5.74) is 0. The van der Waals surface area contributed by atoms with Crippen molar-refractivity contribution in [1.29, 1.82) is 0 Å². The van der Waals surface area contributed by atoms with E-state index in [1.54, 1.807) is 0 Å². The van der Waals surface area contributed by atoms with Gasteiger partial charge in [-0.15, -0.1) is 0 Å². The van der Waals surface area contributed by atoms with Gasteiger partial charge in [-0.2, -0.15) is 0 Å². The van der Waals surface area contributed by atoms with Crippen LogP contribution in [0.1, 0.15) is 26.2 Å². The Kier molecular flexibility index (Phi) is 2.21. The maximum Gasteiger partial charge on any atom is 0.326 e. The van der Waals surface area contributed by atoms with Crippen LogP contribution in [0.4, 0.5) is 0 Å². The number of hydrogen-bond acceptors (Lipinski definition) is 4. The average Bonchev–Trinajstić information content (AvgIpc) is 2.86. The first-order valence-electron chi connectivity index (χ1n) is 5.87. The molecule has 2 heterocycles. The van der Waals surface area contributed by atoms with Gasteiger partial charge < -0.3 is 9.47 Å². The van der Waals surface area contributed by atoms with Crippen LogP contribution < -0.4 is 0 Å². The molecule has 3 fully saturated rings. The van der Waals surface area contributed by atoms with Crippen molar-refractivity contribution < 1.29 is 14.3 Å². The zero-order chi connectivity index (χ0) is 10.4. The Balaban J connectivity index is 1.76. The fraction of sp³-hybridized carbons (Fsp3) is 0.909. The molecule has 4 heteroatoms. The van der Waals surface area contributed by atoms with Crippen LogP contribution in [0.3, 0.4) is 0 Å². The Morgan fingerprint density at radius 2 is 2.27 bits per heavy atom. The molecule has 2 bridgehead atoms. The van der Waals surface area contributed by atoms with Gasteiger partial charge in [0.15, 0.2) is 0 Å². The Labute approximate surface area is 89.5 Å². The number of ether oxygens (including phenoxy) is 2. The zero-order valence-corrected chi connectivity index (χ0v) is 9.02. The Bertz CT molecular complexity index is 277. The van der Waals surface area contributed by atoms with E-state index in [4.69, 9.17) is 9.47 Å². The van der Waals surface area contributed by atoms with Gasteiger partial charge in [-0.3, -0.25) is 9.69 Å². The first kappa shape index (κ1) is 9.60. The third-order valence-corrected chi connectivity index (χ3v) is 3.60. The summed E-state index contributed by atoms with van der Waals surface area (Å²) in [6.45, 7) is 3.12. The van der Waals surface area contributed by atoms with E-state index in [0.717, 1.165) is 13.0 Å². The monoisotopic (exact) mass is 211 g/mol. The van der Waals surface area contributed by atoms with Crippen molar-refractivity contribution in [3.63, 3.8) is 0 Å². The van der Waals surface area contributed by atoms with Crippen LogP contribution in [-0.4, -0.2) is 48.3 Å². The molecule has 0 aromatic carbocycles. The minimum Gasteiger partial charge on any atom is -0.465 e. The number of rotatable bonds is 3. The fourth-order valence-electron chi connectivity index (χ4n) is 2.88. The van der Waals surface area contributed by atoms with Crippen LogP contribution in [0, 0.1) is 0 Å². The minimum absolute atomic E-state index is 0.0865. The third kappa shape index (κ3) is 1.47. The lowest BCUT2D eigenvalue weighted by atomic mass is 10.2. The number of carbonyl (C=O) groups excluding carboxylic acids is 1. The molecule has 1 saturated carbocycles. The molecule has 3 unspecified atom stereocenters. The molecule has 0 N–H and O–H groups in total. The summed E-state index contributed by atoms with van der Waals surface area (Å²) < 4.78 is 10.7. The largest absolute Gasteiger partial charge is 0.465 e. The highest BCUT2D eigenvalue weighted by Gasteiger charge is 2.55. The summed E-state index contributed by atoms with van der Waals surface area (Å²) in [4.78, 5) is 14.2. The Morgan fingerprint density at radius 1 is 1.47 bits per heavy atom. The van der Waals surface area contributed by atoms with E-state index in [2.05, 4.69) is 4.90 Å². The quantitative estimate of drug-likeness (QED) is 0.639. The average molecular weight is 211 g/mol. The second kappa shape index (κ2) is 3.46.